The molecule has 0 aliphatic carbocycles. The fraction of sp³-hybridized carbons (Fsp3) is 0.567. The molecule has 3 aromatic rings. The number of hydrogen-bond acceptors (Lipinski definition) is 5. The minimum Gasteiger partial charge on any atom is -0.348 e. The van der Waals surface area contributed by atoms with Crippen molar-refractivity contribution in [3.05, 3.63) is 71.8 Å². The Labute approximate surface area is 228 Å². The highest BCUT2D eigenvalue weighted by Crippen LogP contribution is 2.29. The van der Waals surface area contributed by atoms with Crippen LogP contribution in [0.4, 0.5) is 0 Å². The van der Waals surface area contributed by atoms with E-state index in [1.807, 2.05) is 36.7 Å². The molecular weight excluding hydrogens is 474 g/mol. The summed E-state index contributed by atoms with van der Waals surface area (Å²) in [6.45, 7) is 13.1. The van der Waals surface area contributed by atoms with Crippen molar-refractivity contribution in [3.8, 4) is 0 Å². The number of nitrogens with one attached hydrogen (secondary N) is 3. The van der Waals surface area contributed by atoms with E-state index >= 15 is 0 Å². The Morgan fingerprint density at radius 2 is 1.50 bits per heavy atom. The summed E-state index contributed by atoms with van der Waals surface area (Å²) in [4.78, 5) is 30.8. The number of carbonyl (C=O) groups is 1. The van der Waals surface area contributed by atoms with Crippen molar-refractivity contribution >= 4 is 5.91 Å². The molecule has 0 aliphatic heterocycles. The van der Waals surface area contributed by atoms with Gasteiger partial charge in [0.05, 0.1) is 18.8 Å². The highest BCUT2D eigenvalue weighted by Gasteiger charge is 2.35. The van der Waals surface area contributed by atoms with Crippen LogP contribution in [0.15, 0.2) is 49.1 Å². The topological polar surface area (TPSA) is 116 Å². The van der Waals surface area contributed by atoms with Gasteiger partial charge in [0.15, 0.2) is 0 Å². The van der Waals surface area contributed by atoms with Crippen LogP contribution in [-0.4, -0.2) is 36.4 Å². The fourth-order valence-electron chi connectivity index (χ4n) is 4.92. The number of nitrogens with zero attached hydrogens (tertiary/aromatic N) is 3. The van der Waals surface area contributed by atoms with Crippen LogP contribution in [0.2, 0.25) is 0 Å². The first-order valence-corrected chi connectivity index (χ1v) is 14.1. The number of rotatable bonds is 16. The molecule has 0 aliphatic rings. The molecule has 0 spiro atoms. The van der Waals surface area contributed by atoms with Crippen LogP contribution in [-0.2, 0) is 19.6 Å². The molecular formula is C30H47N7O. The molecule has 1 aromatic carbocycles. The van der Waals surface area contributed by atoms with Crippen molar-refractivity contribution in [1.82, 2.24) is 30.2 Å². The van der Waals surface area contributed by atoms with Gasteiger partial charge in [0, 0.05) is 36.9 Å². The van der Waals surface area contributed by atoms with Crippen molar-refractivity contribution in [2.24, 2.45) is 23.5 Å². The van der Waals surface area contributed by atoms with Gasteiger partial charge in [0.25, 0.3) is 5.91 Å². The second-order valence-electron chi connectivity index (χ2n) is 11.4. The van der Waals surface area contributed by atoms with E-state index in [-0.39, 0.29) is 11.8 Å². The predicted molar refractivity (Wildman–Crippen MR) is 153 cm³/mol. The summed E-state index contributed by atoms with van der Waals surface area (Å²) in [6.07, 6.45) is 12.0. The molecule has 1 amide bonds. The Bertz CT molecular complexity index is 1020. The maximum atomic E-state index is 13.4. The molecule has 5 N–H and O–H groups in total. The monoisotopic (exact) mass is 521 g/mol. The van der Waals surface area contributed by atoms with Crippen LogP contribution in [0.25, 0.3) is 0 Å². The summed E-state index contributed by atoms with van der Waals surface area (Å²) in [5, 5.41) is 3.26. The van der Waals surface area contributed by atoms with E-state index in [9.17, 15) is 4.79 Å². The maximum absolute atomic E-state index is 13.4. The SMILES string of the molecule is CCC(CCC(C)C)C(N)(CCC(C)C)NC(=O)c1ccc(CN(Cc2ncc[nH]2)Cc2ncc[nH]2)cc1. The lowest BCUT2D eigenvalue weighted by Gasteiger charge is -2.39. The Morgan fingerprint density at radius 3 is 1.97 bits per heavy atom. The van der Waals surface area contributed by atoms with Gasteiger partial charge in [-0.2, -0.15) is 0 Å². The average Bonchev–Trinajstić information content (AvgIpc) is 3.58. The number of benzene rings is 1. The van der Waals surface area contributed by atoms with Gasteiger partial charge in [-0.05, 0) is 61.1 Å². The summed E-state index contributed by atoms with van der Waals surface area (Å²) in [6, 6.07) is 7.85. The molecule has 38 heavy (non-hydrogen) atoms. The molecule has 2 unspecified atom stereocenters. The standard InChI is InChI=1S/C30H47N7O/c1-6-26(12-7-22(2)3)30(31,14-13-23(4)5)36-29(38)25-10-8-24(9-11-25)19-37(20-27-32-15-16-33-27)21-28-34-17-18-35-28/h8-11,15-18,22-23,26H,6-7,12-14,19-21,31H2,1-5H3,(H,32,33)(H,34,35)(H,36,38). The average molecular weight is 522 g/mol. The van der Waals surface area contributed by atoms with Crippen LogP contribution in [0.3, 0.4) is 0 Å². The van der Waals surface area contributed by atoms with Crippen molar-refractivity contribution in [1.29, 1.82) is 0 Å². The van der Waals surface area contributed by atoms with E-state index in [1.165, 1.54) is 0 Å². The zero-order chi connectivity index (χ0) is 27.5. The Balaban J connectivity index is 1.70. The number of aromatic amines is 2. The van der Waals surface area contributed by atoms with Crippen LogP contribution in [0.1, 0.15) is 94.3 Å². The summed E-state index contributed by atoms with van der Waals surface area (Å²) in [5.74, 6) is 3.08. The first-order chi connectivity index (χ1) is 18.2. The number of imidazole rings is 2. The second kappa shape index (κ2) is 14.3. The Morgan fingerprint density at radius 1 is 0.921 bits per heavy atom. The number of amides is 1. The van der Waals surface area contributed by atoms with Gasteiger partial charge < -0.3 is 21.0 Å². The second-order valence-corrected chi connectivity index (χ2v) is 11.4. The van der Waals surface area contributed by atoms with Crippen molar-refractivity contribution < 1.29 is 4.79 Å². The highest BCUT2D eigenvalue weighted by molar-refractivity contribution is 5.94. The van der Waals surface area contributed by atoms with E-state index < -0.39 is 5.66 Å². The zero-order valence-electron chi connectivity index (χ0n) is 23.8. The summed E-state index contributed by atoms with van der Waals surface area (Å²) >= 11 is 0. The minimum atomic E-state index is -0.716. The third-order valence-electron chi connectivity index (χ3n) is 7.27. The van der Waals surface area contributed by atoms with Crippen LogP contribution in [0.5, 0.6) is 0 Å². The molecule has 0 saturated carbocycles. The molecule has 3 rings (SSSR count). The number of H-pyrrole nitrogens is 2. The molecule has 0 bridgehead atoms. The molecule has 8 heteroatoms. The first kappa shape index (κ1) is 29.6. The van der Waals surface area contributed by atoms with Gasteiger partial charge >= 0.3 is 0 Å². The van der Waals surface area contributed by atoms with Gasteiger partial charge in [0.2, 0.25) is 0 Å². The molecule has 0 fully saturated rings. The number of nitrogens with two attached hydrogens (primary N) is 1. The molecule has 2 atom stereocenters. The summed E-state index contributed by atoms with van der Waals surface area (Å²) in [7, 11) is 0. The molecule has 2 aromatic heterocycles. The van der Waals surface area contributed by atoms with E-state index in [0.29, 0.717) is 37.0 Å². The van der Waals surface area contributed by atoms with Gasteiger partial charge in [-0.15, -0.1) is 0 Å². The maximum Gasteiger partial charge on any atom is 0.252 e. The Hall–Kier alpha value is -2.97. The van der Waals surface area contributed by atoms with Crippen LogP contribution >= 0.6 is 0 Å². The molecule has 2 heterocycles. The third-order valence-corrected chi connectivity index (χ3v) is 7.27. The van der Waals surface area contributed by atoms with Crippen LogP contribution in [0, 0.1) is 17.8 Å². The lowest BCUT2D eigenvalue weighted by molar-refractivity contribution is 0.0817. The van der Waals surface area contributed by atoms with Gasteiger partial charge in [-0.25, -0.2) is 9.97 Å². The number of carbonyl (C=O) groups excluding carboxylic acids is 1. The lowest BCUT2D eigenvalue weighted by atomic mass is 9.80. The van der Waals surface area contributed by atoms with E-state index in [4.69, 9.17) is 5.73 Å². The van der Waals surface area contributed by atoms with Gasteiger partial charge in [-0.3, -0.25) is 9.69 Å². The largest absolute Gasteiger partial charge is 0.348 e. The molecule has 0 radical (unpaired) electrons. The number of hydrogen-bond donors (Lipinski definition) is 4. The zero-order valence-corrected chi connectivity index (χ0v) is 23.8. The van der Waals surface area contributed by atoms with Gasteiger partial charge in [-0.1, -0.05) is 53.2 Å². The van der Waals surface area contributed by atoms with Gasteiger partial charge in [0.1, 0.15) is 11.6 Å². The molecule has 208 valence electrons. The number of aromatic nitrogens is 4. The molecule has 0 saturated heterocycles. The van der Waals surface area contributed by atoms with Crippen molar-refractivity contribution in [3.63, 3.8) is 0 Å². The summed E-state index contributed by atoms with van der Waals surface area (Å²) < 4.78 is 0. The smallest absolute Gasteiger partial charge is 0.252 e. The van der Waals surface area contributed by atoms with Crippen molar-refractivity contribution in [2.75, 3.05) is 0 Å². The van der Waals surface area contributed by atoms with Crippen LogP contribution < -0.4 is 11.1 Å². The van der Waals surface area contributed by atoms with E-state index in [0.717, 1.165) is 49.3 Å². The third kappa shape index (κ3) is 9.10. The Kier molecular flexibility index (Phi) is 11.1. The van der Waals surface area contributed by atoms with Crippen molar-refractivity contribution in [2.45, 2.75) is 92.0 Å². The summed E-state index contributed by atoms with van der Waals surface area (Å²) in [5.41, 5.74) is 8.03. The fourth-order valence-corrected chi connectivity index (χ4v) is 4.92. The molecule has 8 nitrogen and oxygen atoms in total. The normalized spacial score (nSPS) is 14.2. The quantitative estimate of drug-likeness (QED) is 0.183. The minimum absolute atomic E-state index is 0.103. The van der Waals surface area contributed by atoms with E-state index in [2.05, 4.69) is 64.8 Å². The lowest BCUT2D eigenvalue weighted by Crippen LogP contribution is -2.61. The first-order valence-electron chi connectivity index (χ1n) is 14.1. The predicted octanol–water partition coefficient (Wildman–Crippen LogP) is 5.62. The highest BCUT2D eigenvalue weighted by atomic mass is 16.1. The van der Waals surface area contributed by atoms with E-state index in [1.54, 1.807) is 12.4 Å².